The third-order valence-corrected chi connectivity index (χ3v) is 5.47. The first-order valence-electron chi connectivity index (χ1n) is 8.28. The summed E-state index contributed by atoms with van der Waals surface area (Å²) in [6.07, 6.45) is 14.5. The molecule has 3 heteroatoms. The Morgan fingerprint density at radius 1 is 1.20 bits per heavy atom. The van der Waals surface area contributed by atoms with E-state index in [-0.39, 0.29) is 0 Å². The molecule has 0 radical (unpaired) electrons. The van der Waals surface area contributed by atoms with Gasteiger partial charge in [-0.05, 0) is 63.9 Å². The number of hydrogen-bond acceptors (Lipinski definition) is 3. The predicted octanol–water partition coefficient (Wildman–Crippen LogP) is 3.21. The first kappa shape index (κ1) is 14.2. The fraction of sp³-hybridized carbons (Fsp3) is 0.765. The molecule has 1 saturated heterocycles. The van der Waals surface area contributed by atoms with E-state index in [9.17, 15) is 0 Å². The number of likely N-dealkylation sites (tertiary alicyclic amines) is 1. The van der Waals surface area contributed by atoms with Crippen molar-refractivity contribution in [3.8, 4) is 0 Å². The number of likely N-dealkylation sites (N-methyl/N-ethyl adjacent to an activating group) is 1. The van der Waals surface area contributed by atoms with Gasteiger partial charge in [0.15, 0.2) is 0 Å². The lowest BCUT2D eigenvalue weighted by Crippen LogP contribution is -2.61. The van der Waals surface area contributed by atoms with Gasteiger partial charge in [-0.25, -0.2) is 0 Å². The van der Waals surface area contributed by atoms with Crippen molar-refractivity contribution >= 4 is 0 Å². The van der Waals surface area contributed by atoms with Crippen molar-refractivity contribution < 1.29 is 4.42 Å². The zero-order valence-corrected chi connectivity index (χ0v) is 12.7. The van der Waals surface area contributed by atoms with Crippen LogP contribution in [0.5, 0.6) is 0 Å². The van der Waals surface area contributed by atoms with Crippen LogP contribution in [0.15, 0.2) is 23.0 Å². The lowest BCUT2D eigenvalue weighted by molar-refractivity contribution is 0.0389. The number of nitrogens with one attached hydrogen (secondary N) is 1. The van der Waals surface area contributed by atoms with Crippen LogP contribution in [0.4, 0.5) is 0 Å². The average molecular weight is 276 g/mol. The molecule has 20 heavy (non-hydrogen) atoms. The van der Waals surface area contributed by atoms with Crippen LogP contribution in [0.2, 0.25) is 0 Å². The zero-order chi connectivity index (χ0) is 13.8. The second-order valence-corrected chi connectivity index (χ2v) is 6.54. The molecule has 1 aromatic heterocycles. The first-order chi connectivity index (χ1) is 9.85. The lowest BCUT2D eigenvalue weighted by Gasteiger charge is -2.48. The van der Waals surface area contributed by atoms with E-state index < -0.39 is 0 Å². The molecule has 3 rings (SSSR count). The Hall–Kier alpha value is -0.800. The molecule has 0 spiro atoms. The van der Waals surface area contributed by atoms with Crippen molar-refractivity contribution in [1.82, 2.24) is 10.2 Å². The molecule has 1 aliphatic heterocycles. The number of piperidine rings is 1. The molecule has 1 unspecified atom stereocenters. The largest absolute Gasteiger partial charge is 0.472 e. The molecule has 1 aliphatic carbocycles. The Bertz CT molecular complexity index is 389. The highest BCUT2D eigenvalue weighted by molar-refractivity contribution is 5.13. The summed E-state index contributed by atoms with van der Waals surface area (Å²) < 4.78 is 5.26. The molecule has 112 valence electrons. The van der Waals surface area contributed by atoms with Crippen LogP contribution < -0.4 is 5.32 Å². The van der Waals surface area contributed by atoms with Crippen molar-refractivity contribution in [2.75, 3.05) is 20.1 Å². The molecule has 0 aromatic carbocycles. The van der Waals surface area contributed by atoms with E-state index in [1.165, 1.54) is 63.6 Å². The van der Waals surface area contributed by atoms with Crippen LogP contribution in [-0.4, -0.2) is 36.6 Å². The van der Waals surface area contributed by atoms with Gasteiger partial charge < -0.3 is 9.73 Å². The molecule has 1 atom stereocenters. The van der Waals surface area contributed by atoms with Gasteiger partial charge in [0.1, 0.15) is 0 Å². The van der Waals surface area contributed by atoms with Gasteiger partial charge in [0.2, 0.25) is 0 Å². The maximum atomic E-state index is 5.26. The summed E-state index contributed by atoms with van der Waals surface area (Å²) in [5.41, 5.74) is 1.71. The van der Waals surface area contributed by atoms with E-state index in [2.05, 4.69) is 23.3 Å². The molecule has 1 saturated carbocycles. The third-order valence-electron chi connectivity index (χ3n) is 5.47. The number of hydrogen-bond donors (Lipinski definition) is 1. The molecule has 2 aliphatic rings. The standard InChI is InChI=1S/C17H28N2O/c1-18-16(13-15-7-12-20-14-15)17(8-3-4-9-17)19-10-5-2-6-11-19/h7,12,14,16,18H,2-6,8-11,13H2,1H3. The highest BCUT2D eigenvalue weighted by Gasteiger charge is 2.45. The van der Waals surface area contributed by atoms with Crippen molar-refractivity contribution in [1.29, 1.82) is 0 Å². The molecule has 1 N–H and O–H groups in total. The fourth-order valence-corrected chi connectivity index (χ4v) is 4.42. The normalized spacial score (nSPS) is 24.9. The van der Waals surface area contributed by atoms with Crippen molar-refractivity contribution in [2.24, 2.45) is 0 Å². The minimum Gasteiger partial charge on any atom is -0.472 e. The van der Waals surface area contributed by atoms with Gasteiger partial charge in [-0.15, -0.1) is 0 Å². The maximum Gasteiger partial charge on any atom is 0.0935 e. The highest BCUT2D eigenvalue weighted by Crippen LogP contribution is 2.40. The summed E-state index contributed by atoms with van der Waals surface area (Å²) in [5, 5.41) is 3.64. The summed E-state index contributed by atoms with van der Waals surface area (Å²) in [6.45, 7) is 2.59. The molecular weight excluding hydrogens is 248 g/mol. The van der Waals surface area contributed by atoms with Crippen LogP contribution in [0.1, 0.15) is 50.5 Å². The van der Waals surface area contributed by atoms with Crippen molar-refractivity contribution in [3.05, 3.63) is 24.2 Å². The zero-order valence-electron chi connectivity index (χ0n) is 12.7. The molecule has 3 nitrogen and oxygen atoms in total. The van der Waals surface area contributed by atoms with Crippen LogP contribution in [0.3, 0.4) is 0 Å². The summed E-state index contributed by atoms with van der Waals surface area (Å²) in [4.78, 5) is 2.81. The summed E-state index contributed by atoms with van der Waals surface area (Å²) >= 11 is 0. The molecule has 0 bridgehead atoms. The van der Waals surface area contributed by atoms with Gasteiger partial charge in [-0.1, -0.05) is 19.3 Å². The molecule has 0 amide bonds. The summed E-state index contributed by atoms with van der Waals surface area (Å²) in [7, 11) is 2.13. The molecular formula is C17H28N2O. The Kier molecular flexibility index (Phi) is 4.47. The van der Waals surface area contributed by atoms with Crippen molar-refractivity contribution in [3.63, 3.8) is 0 Å². The second-order valence-electron chi connectivity index (χ2n) is 6.54. The van der Waals surface area contributed by atoms with E-state index >= 15 is 0 Å². The van der Waals surface area contributed by atoms with E-state index in [0.29, 0.717) is 11.6 Å². The Balaban J connectivity index is 1.79. The number of nitrogens with zero attached hydrogens (tertiary/aromatic N) is 1. The number of rotatable bonds is 5. The lowest BCUT2D eigenvalue weighted by atomic mass is 9.81. The SMILES string of the molecule is CNC(Cc1ccoc1)C1(N2CCCCC2)CCCC1. The molecule has 2 heterocycles. The van der Waals surface area contributed by atoms with Gasteiger partial charge >= 0.3 is 0 Å². The van der Waals surface area contributed by atoms with E-state index in [0.717, 1.165) is 6.42 Å². The Morgan fingerprint density at radius 2 is 1.95 bits per heavy atom. The fourth-order valence-electron chi connectivity index (χ4n) is 4.42. The predicted molar refractivity (Wildman–Crippen MR) is 81.9 cm³/mol. The topological polar surface area (TPSA) is 28.4 Å². The molecule has 1 aromatic rings. The third kappa shape index (κ3) is 2.66. The van der Waals surface area contributed by atoms with E-state index in [1.807, 2.05) is 6.26 Å². The van der Waals surface area contributed by atoms with Gasteiger partial charge in [0.25, 0.3) is 0 Å². The quantitative estimate of drug-likeness (QED) is 0.895. The van der Waals surface area contributed by atoms with Gasteiger partial charge in [0.05, 0.1) is 12.5 Å². The highest BCUT2D eigenvalue weighted by atomic mass is 16.3. The van der Waals surface area contributed by atoms with E-state index in [4.69, 9.17) is 4.42 Å². The van der Waals surface area contributed by atoms with Crippen LogP contribution in [0, 0.1) is 0 Å². The summed E-state index contributed by atoms with van der Waals surface area (Å²) in [6, 6.07) is 2.66. The Labute approximate surface area is 122 Å². The average Bonchev–Trinajstić information content (AvgIpc) is 3.18. The Morgan fingerprint density at radius 3 is 2.55 bits per heavy atom. The second kappa shape index (κ2) is 6.31. The van der Waals surface area contributed by atoms with Crippen LogP contribution in [-0.2, 0) is 6.42 Å². The minimum atomic E-state index is 0.381. The number of furan rings is 1. The van der Waals surface area contributed by atoms with Gasteiger partial charge in [0, 0.05) is 11.6 Å². The van der Waals surface area contributed by atoms with Gasteiger partial charge in [-0.3, -0.25) is 4.90 Å². The minimum absolute atomic E-state index is 0.381. The first-order valence-corrected chi connectivity index (χ1v) is 8.28. The maximum absolute atomic E-state index is 5.26. The van der Waals surface area contributed by atoms with Gasteiger partial charge in [-0.2, -0.15) is 0 Å². The monoisotopic (exact) mass is 276 g/mol. The van der Waals surface area contributed by atoms with Crippen molar-refractivity contribution in [2.45, 2.75) is 62.9 Å². The molecule has 2 fully saturated rings. The van der Waals surface area contributed by atoms with E-state index in [1.54, 1.807) is 6.26 Å². The smallest absolute Gasteiger partial charge is 0.0935 e. The summed E-state index contributed by atoms with van der Waals surface area (Å²) in [5.74, 6) is 0. The van der Waals surface area contributed by atoms with Crippen LogP contribution >= 0.6 is 0 Å². The van der Waals surface area contributed by atoms with Crippen LogP contribution in [0.25, 0.3) is 0 Å².